The summed E-state index contributed by atoms with van der Waals surface area (Å²) < 4.78 is 16.7. The number of halogens is 1. The Labute approximate surface area is 129 Å². The van der Waals surface area contributed by atoms with Crippen molar-refractivity contribution in [2.24, 2.45) is 0 Å². The molecule has 1 aromatic carbocycles. The van der Waals surface area contributed by atoms with Gasteiger partial charge in [0.25, 0.3) is 5.89 Å². The van der Waals surface area contributed by atoms with E-state index >= 15 is 0 Å². The van der Waals surface area contributed by atoms with Crippen molar-refractivity contribution in [1.82, 2.24) is 10.2 Å². The highest BCUT2D eigenvalue weighted by molar-refractivity contribution is 9.10. The largest absolute Gasteiger partial charge is 0.490 e. The van der Waals surface area contributed by atoms with Crippen LogP contribution in [0.15, 0.2) is 21.0 Å². The van der Waals surface area contributed by atoms with Crippen molar-refractivity contribution in [2.75, 3.05) is 6.61 Å². The second kappa shape index (κ2) is 6.57. The SMILES string of the molecule is CCOc1cc(C(=O)O)cc(Br)c1OCc1nnc(C)o1. The zero-order valence-electron chi connectivity index (χ0n) is 11.4. The van der Waals surface area contributed by atoms with E-state index in [1.54, 1.807) is 13.8 Å². The zero-order valence-corrected chi connectivity index (χ0v) is 13.0. The van der Waals surface area contributed by atoms with Gasteiger partial charge in [0.05, 0.1) is 16.6 Å². The summed E-state index contributed by atoms with van der Waals surface area (Å²) >= 11 is 3.28. The highest BCUT2D eigenvalue weighted by Gasteiger charge is 2.16. The van der Waals surface area contributed by atoms with E-state index in [1.165, 1.54) is 12.1 Å². The van der Waals surface area contributed by atoms with Crippen molar-refractivity contribution in [3.05, 3.63) is 34.0 Å². The van der Waals surface area contributed by atoms with E-state index in [-0.39, 0.29) is 12.2 Å². The highest BCUT2D eigenvalue weighted by atomic mass is 79.9. The Morgan fingerprint density at radius 3 is 2.71 bits per heavy atom. The first-order chi connectivity index (χ1) is 10.0. The number of carboxylic acids is 1. The Balaban J connectivity index is 2.26. The molecular weight excluding hydrogens is 344 g/mol. The lowest BCUT2D eigenvalue weighted by molar-refractivity contribution is 0.0696. The number of carbonyl (C=O) groups is 1. The summed E-state index contributed by atoms with van der Waals surface area (Å²) in [5.41, 5.74) is 0.103. The molecule has 0 radical (unpaired) electrons. The van der Waals surface area contributed by atoms with Crippen LogP contribution >= 0.6 is 15.9 Å². The molecule has 0 saturated heterocycles. The molecule has 1 aromatic heterocycles. The first-order valence-electron chi connectivity index (χ1n) is 6.12. The Kier molecular flexibility index (Phi) is 4.79. The lowest BCUT2D eigenvalue weighted by Crippen LogP contribution is -2.04. The van der Waals surface area contributed by atoms with Crippen molar-refractivity contribution in [3.63, 3.8) is 0 Å². The molecular formula is C13H13BrN2O5. The molecule has 1 N–H and O–H groups in total. The van der Waals surface area contributed by atoms with E-state index in [1.807, 2.05) is 0 Å². The Morgan fingerprint density at radius 2 is 2.14 bits per heavy atom. The van der Waals surface area contributed by atoms with Gasteiger partial charge in [0.2, 0.25) is 5.89 Å². The van der Waals surface area contributed by atoms with Crippen LogP contribution in [0.1, 0.15) is 29.1 Å². The molecule has 0 amide bonds. The van der Waals surface area contributed by atoms with Gasteiger partial charge in [-0.05, 0) is 35.0 Å². The van der Waals surface area contributed by atoms with Crippen LogP contribution < -0.4 is 9.47 Å². The average molecular weight is 357 g/mol. The number of rotatable bonds is 6. The number of hydrogen-bond acceptors (Lipinski definition) is 6. The molecule has 0 fully saturated rings. The number of nitrogens with zero attached hydrogens (tertiary/aromatic N) is 2. The third-order valence-corrected chi connectivity index (χ3v) is 3.05. The summed E-state index contributed by atoms with van der Waals surface area (Å²) in [6, 6.07) is 2.85. The van der Waals surface area contributed by atoms with Crippen LogP contribution in [0.2, 0.25) is 0 Å². The summed E-state index contributed by atoms with van der Waals surface area (Å²) in [5.74, 6) is 0.442. The van der Waals surface area contributed by atoms with Crippen molar-refractivity contribution in [3.8, 4) is 11.5 Å². The molecule has 0 saturated carbocycles. The number of aromatic carboxylic acids is 1. The standard InChI is InChI=1S/C13H13BrN2O5/c1-3-19-10-5-8(13(17)18)4-9(14)12(10)20-6-11-16-15-7(2)21-11/h4-5H,3,6H2,1-2H3,(H,17,18). The number of aryl methyl sites for hydroxylation is 1. The number of benzene rings is 1. The van der Waals surface area contributed by atoms with Crippen molar-refractivity contribution in [1.29, 1.82) is 0 Å². The van der Waals surface area contributed by atoms with Gasteiger partial charge in [-0.25, -0.2) is 4.79 Å². The van der Waals surface area contributed by atoms with Crippen LogP contribution in [-0.4, -0.2) is 27.9 Å². The highest BCUT2D eigenvalue weighted by Crippen LogP contribution is 2.37. The Morgan fingerprint density at radius 1 is 1.38 bits per heavy atom. The molecule has 1 heterocycles. The van der Waals surface area contributed by atoms with Crippen LogP contribution in [-0.2, 0) is 6.61 Å². The van der Waals surface area contributed by atoms with Crippen molar-refractivity contribution < 1.29 is 23.8 Å². The number of ether oxygens (including phenoxy) is 2. The molecule has 0 aliphatic heterocycles. The lowest BCUT2D eigenvalue weighted by Gasteiger charge is -2.13. The average Bonchev–Trinajstić information content (AvgIpc) is 2.83. The van der Waals surface area contributed by atoms with Crippen LogP contribution in [0, 0.1) is 6.92 Å². The predicted molar refractivity (Wildman–Crippen MR) is 75.6 cm³/mol. The number of aromatic nitrogens is 2. The van der Waals surface area contributed by atoms with E-state index in [0.717, 1.165) is 0 Å². The molecule has 112 valence electrons. The van der Waals surface area contributed by atoms with Gasteiger partial charge in [-0.1, -0.05) is 0 Å². The molecule has 0 unspecified atom stereocenters. The van der Waals surface area contributed by atoms with Gasteiger partial charge in [0, 0.05) is 6.92 Å². The van der Waals surface area contributed by atoms with Gasteiger partial charge >= 0.3 is 5.97 Å². The minimum atomic E-state index is -1.05. The second-order valence-corrected chi connectivity index (χ2v) is 4.88. The molecule has 0 aliphatic rings. The zero-order chi connectivity index (χ0) is 15.4. The topological polar surface area (TPSA) is 94.7 Å². The van der Waals surface area contributed by atoms with Gasteiger partial charge in [0.15, 0.2) is 18.1 Å². The van der Waals surface area contributed by atoms with Crippen molar-refractivity contribution in [2.45, 2.75) is 20.5 Å². The quantitative estimate of drug-likeness (QED) is 0.849. The van der Waals surface area contributed by atoms with Crippen LogP contribution in [0.4, 0.5) is 0 Å². The van der Waals surface area contributed by atoms with Crippen LogP contribution in [0.3, 0.4) is 0 Å². The van der Waals surface area contributed by atoms with Crippen LogP contribution in [0.25, 0.3) is 0 Å². The van der Waals surface area contributed by atoms with Gasteiger partial charge in [-0.3, -0.25) is 0 Å². The van der Waals surface area contributed by atoms with Gasteiger partial charge in [-0.15, -0.1) is 10.2 Å². The first kappa shape index (κ1) is 15.3. The maximum Gasteiger partial charge on any atom is 0.335 e. The molecule has 0 aliphatic carbocycles. The third-order valence-electron chi connectivity index (χ3n) is 2.46. The predicted octanol–water partition coefficient (Wildman–Crippen LogP) is 2.82. The molecule has 0 atom stereocenters. The van der Waals surface area contributed by atoms with E-state index < -0.39 is 5.97 Å². The summed E-state index contributed by atoms with van der Waals surface area (Å²) in [5, 5.41) is 16.6. The fraction of sp³-hybridized carbons (Fsp3) is 0.308. The van der Waals surface area contributed by atoms with E-state index in [0.29, 0.717) is 34.4 Å². The van der Waals surface area contributed by atoms with Gasteiger partial charge in [0.1, 0.15) is 0 Å². The molecule has 0 bridgehead atoms. The number of carboxylic acid groups (broad SMARTS) is 1. The van der Waals surface area contributed by atoms with Crippen LogP contribution in [0.5, 0.6) is 11.5 Å². The Bertz CT molecular complexity index is 656. The monoisotopic (exact) mass is 356 g/mol. The fourth-order valence-corrected chi connectivity index (χ4v) is 2.18. The molecule has 0 spiro atoms. The smallest absolute Gasteiger partial charge is 0.335 e. The van der Waals surface area contributed by atoms with E-state index in [2.05, 4.69) is 26.1 Å². The van der Waals surface area contributed by atoms with E-state index in [9.17, 15) is 4.79 Å². The van der Waals surface area contributed by atoms with Crippen molar-refractivity contribution >= 4 is 21.9 Å². The van der Waals surface area contributed by atoms with Gasteiger partial charge < -0.3 is 19.0 Å². The van der Waals surface area contributed by atoms with Gasteiger partial charge in [-0.2, -0.15) is 0 Å². The third kappa shape index (κ3) is 3.72. The normalized spacial score (nSPS) is 10.4. The summed E-state index contributed by atoms with van der Waals surface area (Å²) in [6.45, 7) is 3.92. The minimum absolute atomic E-state index is 0.0614. The maximum atomic E-state index is 11.1. The Hall–Kier alpha value is -2.09. The fourth-order valence-electron chi connectivity index (χ4n) is 1.62. The number of hydrogen-bond donors (Lipinski definition) is 1. The summed E-state index contributed by atoms with van der Waals surface area (Å²) in [4.78, 5) is 11.1. The first-order valence-corrected chi connectivity index (χ1v) is 6.92. The summed E-state index contributed by atoms with van der Waals surface area (Å²) in [6.07, 6.45) is 0. The second-order valence-electron chi connectivity index (χ2n) is 4.03. The molecule has 2 aromatic rings. The molecule has 2 rings (SSSR count). The van der Waals surface area contributed by atoms with E-state index in [4.69, 9.17) is 19.0 Å². The summed E-state index contributed by atoms with van der Waals surface area (Å²) in [7, 11) is 0. The minimum Gasteiger partial charge on any atom is -0.490 e. The molecule has 21 heavy (non-hydrogen) atoms. The maximum absolute atomic E-state index is 11.1. The lowest BCUT2D eigenvalue weighted by atomic mass is 10.2. The molecule has 8 heteroatoms. The molecule has 7 nitrogen and oxygen atoms in total.